The Morgan fingerprint density at radius 3 is 2.00 bits per heavy atom. The van der Waals surface area contributed by atoms with Crippen molar-refractivity contribution in [2.24, 2.45) is 0 Å². The Balaban J connectivity index is 2.67. The lowest BCUT2D eigenvalue weighted by atomic mass is 10.00. The van der Waals surface area contributed by atoms with E-state index < -0.39 is 37.1 Å². The second-order valence-electron chi connectivity index (χ2n) is 7.19. The molecule has 28 heavy (non-hydrogen) atoms. The van der Waals surface area contributed by atoms with Crippen LogP contribution >= 0.6 is 0 Å². The second-order valence-corrected chi connectivity index (χ2v) is 11.8. The van der Waals surface area contributed by atoms with Gasteiger partial charge in [0, 0.05) is 11.5 Å². The average Bonchev–Trinajstić information content (AvgIpc) is 2.61. The standard InChI is InChI=1S/C20H21F6NSi/c1-4-5-8-17(28(2,3)18-9-6-7-10-27-18)14-11-15(19(21,22)23)13-16(12-14)20(24,25)26/h4,6-7,9-13,17H,1,5,8H2,2-3H3. The summed E-state index contributed by atoms with van der Waals surface area (Å²) >= 11 is 0. The van der Waals surface area contributed by atoms with E-state index in [1.165, 1.54) is 0 Å². The van der Waals surface area contributed by atoms with E-state index in [2.05, 4.69) is 11.6 Å². The summed E-state index contributed by atoms with van der Waals surface area (Å²) in [4.78, 5) is 4.34. The maximum absolute atomic E-state index is 13.3. The van der Waals surface area contributed by atoms with Gasteiger partial charge in [0.05, 0.1) is 11.1 Å². The highest BCUT2D eigenvalue weighted by molar-refractivity contribution is 6.90. The topological polar surface area (TPSA) is 12.9 Å². The van der Waals surface area contributed by atoms with Crippen LogP contribution in [-0.2, 0) is 12.4 Å². The number of rotatable bonds is 6. The molecule has 0 radical (unpaired) electrons. The van der Waals surface area contributed by atoms with Crippen LogP contribution < -0.4 is 5.32 Å². The number of benzene rings is 1. The van der Waals surface area contributed by atoms with Crippen molar-refractivity contribution in [2.45, 2.75) is 43.8 Å². The third-order valence-electron chi connectivity index (χ3n) is 4.87. The Kier molecular flexibility index (Phi) is 6.43. The molecule has 0 bridgehead atoms. The van der Waals surface area contributed by atoms with Crippen LogP contribution in [0.1, 0.15) is 35.1 Å². The highest BCUT2D eigenvalue weighted by atomic mass is 28.3. The van der Waals surface area contributed by atoms with Crippen molar-refractivity contribution >= 4 is 13.4 Å². The first kappa shape index (κ1) is 22.2. The number of alkyl halides is 6. The first-order valence-electron chi connectivity index (χ1n) is 8.69. The molecule has 152 valence electrons. The van der Waals surface area contributed by atoms with Gasteiger partial charge in [-0.3, -0.25) is 4.98 Å². The van der Waals surface area contributed by atoms with Crippen LogP contribution in [0.15, 0.2) is 55.3 Å². The Morgan fingerprint density at radius 2 is 1.57 bits per heavy atom. The van der Waals surface area contributed by atoms with Crippen LogP contribution in [-0.4, -0.2) is 13.1 Å². The molecule has 1 aromatic carbocycles. The van der Waals surface area contributed by atoms with Crippen molar-refractivity contribution in [3.05, 3.63) is 71.9 Å². The Morgan fingerprint density at radius 1 is 1.00 bits per heavy atom. The summed E-state index contributed by atoms with van der Waals surface area (Å²) in [5, 5.41) is 0.732. The van der Waals surface area contributed by atoms with Crippen LogP contribution in [0.5, 0.6) is 0 Å². The molecule has 2 rings (SSSR count). The molecule has 0 aliphatic carbocycles. The second kappa shape index (κ2) is 8.11. The molecular formula is C20H21F6NSi. The normalized spacial score (nSPS) is 14.0. The average molecular weight is 417 g/mol. The lowest BCUT2D eigenvalue weighted by Gasteiger charge is -2.33. The van der Waals surface area contributed by atoms with Crippen LogP contribution in [0.2, 0.25) is 13.1 Å². The molecule has 0 saturated heterocycles. The summed E-state index contributed by atoms with van der Waals surface area (Å²) in [7, 11) is -2.54. The minimum Gasteiger partial charge on any atom is -0.266 e. The van der Waals surface area contributed by atoms with Gasteiger partial charge in [-0.25, -0.2) is 0 Å². The van der Waals surface area contributed by atoms with Crippen molar-refractivity contribution in [3.63, 3.8) is 0 Å². The van der Waals surface area contributed by atoms with Gasteiger partial charge in [0.15, 0.2) is 0 Å². The van der Waals surface area contributed by atoms with E-state index in [0.717, 1.165) is 17.4 Å². The van der Waals surface area contributed by atoms with Crippen molar-refractivity contribution in [2.75, 3.05) is 0 Å². The van der Waals surface area contributed by atoms with Gasteiger partial charge in [-0.15, -0.1) is 6.58 Å². The summed E-state index contributed by atoms with van der Waals surface area (Å²) < 4.78 is 79.7. The van der Waals surface area contributed by atoms with Gasteiger partial charge >= 0.3 is 12.4 Å². The van der Waals surface area contributed by atoms with Crippen LogP contribution in [0.3, 0.4) is 0 Å². The van der Waals surface area contributed by atoms with E-state index in [-0.39, 0.29) is 11.6 Å². The fraction of sp³-hybridized carbons (Fsp3) is 0.350. The minimum atomic E-state index is -4.87. The molecule has 1 unspecified atom stereocenters. The molecule has 0 amide bonds. The van der Waals surface area contributed by atoms with E-state index in [9.17, 15) is 26.3 Å². The molecule has 8 heteroatoms. The predicted molar refractivity (Wildman–Crippen MR) is 100.0 cm³/mol. The maximum atomic E-state index is 13.3. The van der Waals surface area contributed by atoms with Crippen molar-refractivity contribution in [1.82, 2.24) is 4.98 Å². The van der Waals surface area contributed by atoms with Gasteiger partial charge in [0.25, 0.3) is 0 Å². The molecule has 2 aromatic rings. The number of hydrogen-bond acceptors (Lipinski definition) is 1. The maximum Gasteiger partial charge on any atom is 0.416 e. The van der Waals surface area contributed by atoms with Gasteiger partial charge in [-0.05, 0) is 54.3 Å². The number of allylic oxidation sites excluding steroid dienone is 1. The minimum absolute atomic E-state index is 0.0475. The molecular weight excluding hydrogens is 396 g/mol. The fourth-order valence-corrected chi connectivity index (χ4v) is 6.51. The largest absolute Gasteiger partial charge is 0.416 e. The first-order chi connectivity index (χ1) is 12.9. The highest BCUT2D eigenvalue weighted by Crippen LogP contribution is 2.40. The third kappa shape index (κ3) is 5.04. The molecule has 0 N–H and O–H groups in total. The molecule has 0 fully saturated rings. The first-order valence-corrected chi connectivity index (χ1v) is 11.8. The Hall–Kier alpha value is -2.09. The number of nitrogens with zero attached hydrogens (tertiary/aromatic N) is 1. The molecule has 1 atom stereocenters. The molecule has 1 aromatic heterocycles. The summed E-state index contributed by atoms with van der Waals surface area (Å²) in [5.41, 5.74) is -3.01. The van der Waals surface area contributed by atoms with E-state index in [0.29, 0.717) is 12.8 Å². The van der Waals surface area contributed by atoms with Gasteiger partial charge in [-0.1, -0.05) is 25.2 Å². The van der Waals surface area contributed by atoms with Crippen molar-refractivity contribution < 1.29 is 26.3 Å². The van der Waals surface area contributed by atoms with E-state index in [4.69, 9.17) is 0 Å². The molecule has 1 heterocycles. The Bertz CT molecular complexity index is 779. The lowest BCUT2D eigenvalue weighted by Crippen LogP contribution is -2.49. The molecule has 1 nitrogen and oxygen atoms in total. The summed E-state index contributed by atoms with van der Waals surface area (Å²) in [5.74, 6) is 0. The van der Waals surface area contributed by atoms with Crippen LogP contribution in [0.4, 0.5) is 26.3 Å². The zero-order valence-electron chi connectivity index (χ0n) is 15.5. The van der Waals surface area contributed by atoms with E-state index >= 15 is 0 Å². The zero-order valence-corrected chi connectivity index (χ0v) is 16.5. The van der Waals surface area contributed by atoms with Gasteiger partial charge in [0.1, 0.15) is 8.07 Å². The quantitative estimate of drug-likeness (QED) is 0.304. The molecule has 0 spiro atoms. The lowest BCUT2D eigenvalue weighted by molar-refractivity contribution is -0.143. The highest BCUT2D eigenvalue weighted by Gasteiger charge is 2.41. The number of halogens is 6. The van der Waals surface area contributed by atoms with Crippen LogP contribution in [0, 0.1) is 0 Å². The summed E-state index contributed by atoms with van der Waals surface area (Å²) in [6.07, 6.45) is -5.65. The molecule has 0 aliphatic rings. The summed E-state index contributed by atoms with van der Waals surface area (Å²) in [6, 6.07) is 7.14. The summed E-state index contributed by atoms with van der Waals surface area (Å²) in [6.45, 7) is 7.46. The molecule has 0 aliphatic heterocycles. The van der Waals surface area contributed by atoms with E-state index in [1.807, 2.05) is 13.1 Å². The molecule has 0 saturated carbocycles. The van der Waals surface area contributed by atoms with Gasteiger partial charge in [0.2, 0.25) is 0 Å². The third-order valence-corrected chi connectivity index (χ3v) is 8.85. The number of hydrogen-bond donors (Lipinski definition) is 0. The number of pyridine rings is 1. The van der Waals surface area contributed by atoms with Gasteiger partial charge < -0.3 is 0 Å². The Labute approximate surface area is 161 Å². The van der Waals surface area contributed by atoms with Gasteiger partial charge in [-0.2, -0.15) is 26.3 Å². The number of aromatic nitrogens is 1. The SMILES string of the molecule is C=CCCC(c1cc(C(F)(F)F)cc(C(F)(F)F)c1)[Si](C)(C)c1ccccn1. The van der Waals surface area contributed by atoms with E-state index in [1.54, 1.807) is 30.5 Å². The van der Waals surface area contributed by atoms with Crippen LogP contribution in [0.25, 0.3) is 0 Å². The smallest absolute Gasteiger partial charge is 0.266 e. The predicted octanol–water partition coefficient (Wildman–Crippen LogP) is 6.32. The fourth-order valence-electron chi connectivity index (χ4n) is 3.33. The van der Waals surface area contributed by atoms with Crippen molar-refractivity contribution in [3.8, 4) is 0 Å². The zero-order chi connectivity index (χ0) is 21.2. The van der Waals surface area contributed by atoms with Crippen molar-refractivity contribution in [1.29, 1.82) is 0 Å². The monoisotopic (exact) mass is 417 g/mol.